The summed E-state index contributed by atoms with van der Waals surface area (Å²) in [6.07, 6.45) is 11.0. The Hall–Kier alpha value is -4.03. The molecule has 2 aromatic carbocycles. The first-order valence-electron chi connectivity index (χ1n) is 16.0. The maximum atomic E-state index is 17.0. The SMILES string of the molecule is C#Cc1c(F)ccc2cc(OCOP(=O)(O)O)cc(-c3ncc4c(N5CCCCCN5)nc(OC[C@@]56CCCN5C[C@H](F)C6)nc4c3F)c12. The smallest absolute Gasteiger partial charge is 0.467 e. The van der Waals surface area contributed by atoms with E-state index in [9.17, 15) is 8.96 Å². The van der Waals surface area contributed by atoms with Crippen LogP contribution in [0.2, 0.25) is 0 Å². The van der Waals surface area contributed by atoms with E-state index in [4.69, 9.17) is 30.7 Å². The predicted octanol–water partition coefficient (Wildman–Crippen LogP) is 5.00. The summed E-state index contributed by atoms with van der Waals surface area (Å²) >= 11 is 0. The number of nitrogens with zero attached hydrogens (tertiary/aromatic N) is 5. The van der Waals surface area contributed by atoms with Crippen LogP contribution in [0.15, 0.2) is 30.5 Å². The van der Waals surface area contributed by atoms with Crippen LogP contribution >= 0.6 is 7.82 Å². The van der Waals surface area contributed by atoms with Crippen molar-refractivity contribution in [2.45, 2.75) is 50.2 Å². The summed E-state index contributed by atoms with van der Waals surface area (Å²) < 4.78 is 73.7. The van der Waals surface area contributed by atoms with E-state index in [1.54, 1.807) is 0 Å². The zero-order chi connectivity index (χ0) is 34.3. The summed E-state index contributed by atoms with van der Waals surface area (Å²) in [6.45, 7) is 1.69. The van der Waals surface area contributed by atoms with Gasteiger partial charge in [-0.25, -0.2) is 27.7 Å². The van der Waals surface area contributed by atoms with Crippen LogP contribution in [0, 0.1) is 24.0 Å². The number of nitrogens with one attached hydrogen (secondary N) is 1. The van der Waals surface area contributed by atoms with Crippen LogP contribution in [0.1, 0.15) is 44.1 Å². The van der Waals surface area contributed by atoms with Gasteiger partial charge in [0.2, 0.25) is 0 Å². The number of terminal acetylenes is 1. The van der Waals surface area contributed by atoms with E-state index < -0.39 is 38.0 Å². The summed E-state index contributed by atoms with van der Waals surface area (Å²) in [5.41, 5.74) is 2.40. The minimum absolute atomic E-state index is 0.0242. The number of rotatable bonds is 9. The van der Waals surface area contributed by atoms with Crippen LogP contribution in [0.5, 0.6) is 11.8 Å². The summed E-state index contributed by atoms with van der Waals surface area (Å²) in [5.74, 6) is 1.13. The molecular weight excluding hydrogens is 664 g/mol. The quantitative estimate of drug-likeness (QED) is 0.123. The lowest BCUT2D eigenvalue weighted by Gasteiger charge is -2.31. The Morgan fingerprint density at radius 3 is 2.80 bits per heavy atom. The minimum atomic E-state index is -4.85. The molecule has 4 aromatic rings. The first-order valence-corrected chi connectivity index (χ1v) is 17.5. The molecular formula is C33H34F3N6O6P. The maximum Gasteiger partial charge on any atom is 0.472 e. The molecule has 0 bridgehead atoms. The van der Waals surface area contributed by atoms with Crippen molar-refractivity contribution in [3.63, 3.8) is 0 Å². The number of phosphoric ester groups is 1. The summed E-state index contributed by atoms with van der Waals surface area (Å²) in [4.78, 5) is 33.9. The van der Waals surface area contributed by atoms with E-state index in [0.29, 0.717) is 42.6 Å². The first kappa shape index (κ1) is 33.5. The van der Waals surface area contributed by atoms with Gasteiger partial charge in [0.05, 0.1) is 16.5 Å². The highest BCUT2D eigenvalue weighted by Crippen LogP contribution is 2.42. The van der Waals surface area contributed by atoms with Crippen molar-refractivity contribution in [1.82, 2.24) is 25.3 Å². The number of hydrogen-bond acceptors (Lipinski definition) is 10. The average Bonchev–Trinajstić information content (AvgIpc) is 3.44. The van der Waals surface area contributed by atoms with Crippen molar-refractivity contribution in [3.8, 4) is 35.4 Å². The van der Waals surface area contributed by atoms with Crippen LogP contribution in [-0.2, 0) is 9.09 Å². The topological polar surface area (TPSA) is 142 Å². The van der Waals surface area contributed by atoms with Gasteiger partial charge in [-0.05, 0) is 55.8 Å². The van der Waals surface area contributed by atoms with Crippen molar-refractivity contribution in [2.75, 3.05) is 44.6 Å². The lowest BCUT2D eigenvalue weighted by atomic mass is 9.95. The van der Waals surface area contributed by atoms with Crippen molar-refractivity contribution in [2.24, 2.45) is 0 Å². The average molecular weight is 699 g/mol. The zero-order valence-electron chi connectivity index (χ0n) is 26.4. The Kier molecular flexibility index (Phi) is 9.12. The van der Waals surface area contributed by atoms with Gasteiger partial charge < -0.3 is 19.3 Å². The number of ether oxygens (including phenoxy) is 2. The van der Waals surface area contributed by atoms with Crippen molar-refractivity contribution in [3.05, 3.63) is 47.7 Å². The second kappa shape index (κ2) is 13.4. The number of fused-ring (bicyclic) bond motifs is 3. The van der Waals surface area contributed by atoms with Gasteiger partial charge in [0.25, 0.3) is 0 Å². The largest absolute Gasteiger partial charge is 0.472 e. The van der Waals surface area contributed by atoms with E-state index in [2.05, 4.69) is 30.7 Å². The van der Waals surface area contributed by atoms with Gasteiger partial charge in [0.15, 0.2) is 18.4 Å². The number of hydrogen-bond donors (Lipinski definition) is 3. The van der Waals surface area contributed by atoms with Gasteiger partial charge in [-0.2, -0.15) is 9.97 Å². The second-order valence-electron chi connectivity index (χ2n) is 12.5. The standard InChI is InChI=1S/C33H34F3N6O6P/c1-2-23-26(35)8-7-20-13-22(47-19-48-49(43,44)45)14-24(27(20)23)29-28(36)30-25(16-37-29)31(42-12-5-3-4-10-38-42)40-32(39-30)46-18-33-9-6-11-41(33)17-21(34)15-33/h1,7-8,13-14,16,21,38H,3-6,9-12,15,17-19H2,(H2,43,44,45)/t21-,33+/m1/s1. The third kappa shape index (κ3) is 6.64. The van der Waals surface area contributed by atoms with E-state index in [1.165, 1.54) is 24.4 Å². The third-order valence-corrected chi connectivity index (χ3v) is 9.82. The molecule has 7 rings (SSSR count). The van der Waals surface area contributed by atoms with Crippen molar-refractivity contribution in [1.29, 1.82) is 0 Å². The number of pyridine rings is 1. The van der Waals surface area contributed by atoms with E-state index in [0.717, 1.165) is 44.7 Å². The van der Waals surface area contributed by atoms with Gasteiger partial charge in [0.1, 0.15) is 35.6 Å². The van der Waals surface area contributed by atoms with Crippen molar-refractivity contribution < 1.29 is 41.5 Å². The molecule has 3 aliphatic heterocycles. The highest BCUT2D eigenvalue weighted by molar-refractivity contribution is 7.46. The van der Waals surface area contributed by atoms with E-state index in [-0.39, 0.29) is 46.1 Å². The molecule has 12 nitrogen and oxygen atoms in total. The van der Waals surface area contributed by atoms with Gasteiger partial charge in [-0.15, -0.1) is 6.42 Å². The molecule has 0 radical (unpaired) electrons. The molecule has 0 aliphatic carbocycles. The third-order valence-electron chi connectivity index (χ3n) is 9.38. The fraction of sp³-hybridized carbons (Fsp3) is 0.424. The first-order chi connectivity index (χ1) is 23.5. The second-order valence-corrected chi connectivity index (χ2v) is 13.8. The van der Waals surface area contributed by atoms with E-state index >= 15 is 8.78 Å². The molecule has 3 N–H and O–H groups in total. The Bertz CT molecular complexity index is 2000. The fourth-order valence-electron chi connectivity index (χ4n) is 7.16. The van der Waals surface area contributed by atoms with Gasteiger partial charge in [-0.1, -0.05) is 18.4 Å². The summed E-state index contributed by atoms with van der Waals surface area (Å²) in [7, 11) is -4.85. The number of halogens is 3. The Morgan fingerprint density at radius 2 is 1.98 bits per heavy atom. The minimum Gasteiger partial charge on any atom is -0.467 e. The zero-order valence-corrected chi connectivity index (χ0v) is 27.3. The fourth-order valence-corrected chi connectivity index (χ4v) is 7.35. The maximum absolute atomic E-state index is 17.0. The number of hydrazine groups is 1. The number of anilines is 1. The van der Waals surface area contributed by atoms with E-state index in [1.807, 2.05) is 5.01 Å². The van der Waals surface area contributed by atoms with Gasteiger partial charge >= 0.3 is 13.8 Å². The lowest BCUT2D eigenvalue weighted by molar-refractivity contribution is 0.0830. The molecule has 0 unspecified atom stereocenters. The Labute approximate surface area is 279 Å². The summed E-state index contributed by atoms with van der Waals surface area (Å²) in [6, 6.07) is 5.27. The molecule has 0 spiro atoms. The van der Waals surface area contributed by atoms with Crippen LogP contribution < -0.4 is 19.9 Å². The molecule has 0 amide bonds. The molecule has 2 atom stereocenters. The molecule has 2 aromatic heterocycles. The molecule has 3 saturated heterocycles. The Morgan fingerprint density at radius 1 is 1.12 bits per heavy atom. The molecule has 49 heavy (non-hydrogen) atoms. The lowest BCUT2D eigenvalue weighted by Crippen LogP contribution is -2.43. The van der Waals surface area contributed by atoms with Gasteiger partial charge in [-0.3, -0.25) is 14.9 Å². The normalized spacial score (nSPS) is 21.6. The molecule has 3 fully saturated rings. The monoisotopic (exact) mass is 698 g/mol. The number of alkyl halides is 1. The van der Waals surface area contributed by atoms with Crippen LogP contribution in [-0.4, -0.2) is 80.9 Å². The number of phosphoric acid groups is 1. The highest BCUT2D eigenvalue weighted by atomic mass is 31.2. The van der Waals surface area contributed by atoms with Gasteiger partial charge in [0, 0.05) is 43.2 Å². The van der Waals surface area contributed by atoms with Crippen LogP contribution in [0.25, 0.3) is 32.9 Å². The van der Waals surface area contributed by atoms with Crippen LogP contribution in [0.4, 0.5) is 19.0 Å². The number of benzene rings is 2. The molecule has 0 saturated carbocycles. The highest BCUT2D eigenvalue weighted by Gasteiger charge is 2.49. The number of aromatic nitrogens is 3. The van der Waals surface area contributed by atoms with Crippen LogP contribution in [0.3, 0.4) is 0 Å². The molecule has 16 heteroatoms. The predicted molar refractivity (Wildman–Crippen MR) is 174 cm³/mol. The molecule has 3 aliphatic rings. The molecule has 5 heterocycles. The Balaban J connectivity index is 1.36. The summed E-state index contributed by atoms with van der Waals surface area (Å²) in [5, 5.41) is 2.64. The molecule has 258 valence electrons. The van der Waals surface area contributed by atoms with Crippen molar-refractivity contribution >= 4 is 35.3 Å².